The van der Waals surface area contributed by atoms with Gasteiger partial charge in [0.25, 0.3) is 0 Å². The molecule has 0 bridgehead atoms. The molecule has 0 aliphatic carbocycles. The summed E-state index contributed by atoms with van der Waals surface area (Å²) < 4.78 is 0. The Labute approximate surface area is 375 Å². The van der Waals surface area contributed by atoms with Crippen LogP contribution in [-0.2, 0) is 4.79 Å². The maximum absolute atomic E-state index is 12.5. The van der Waals surface area contributed by atoms with Gasteiger partial charge in [0, 0.05) is 0 Å². The van der Waals surface area contributed by atoms with Gasteiger partial charge in [0.05, 0.1) is 18.8 Å². The van der Waals surface area contributed by atoms with Crippen LogP contribution in [0.25, 0.3) is 0 Å². The smallest absolute Gasteiger partial charge is 0.249 e. The van der Waals surface area contributed by atoms with E-state index in [0.717, 1.165) is 32.1 Å². The average Bonchev–Trinajstić information content (AvgIpc) is 3.25. The third-order valence-corrected chi connectivity index (χ3v) is 12.8. The molecule has 5 heteroatoms. The maximum Gasteiger partial charge on any atom is 0.249 e. The van der Waals surface area contributed by atoms with Crippen molar-refractivity contribution in [3.8, 4) is 0 Å². The predicted molar refractivity (Wildman–Crippen MR) is 264 cm³/mol. The van der Waals surface area contributed by atoms with Crippen molar-refractivity contribution in [1.82, 2.24) is 5.32 Å². The van der Waals surface area contributed by atoms with Crippen LogP contribution in [0.5, 0.6) is 0 Å². The van der Waals surface area contributed by atoms with Crippen LogP contribution >= 0.6 is 0 Å². The number of carbonyl (C=O) groups excluding carboxylic acids is 1. The van der Waals surface area contributed by atoms with Gasteiger partial charge in [0.1, 0.15) is 6.10 Å². The van der Waals surface area contributed by atoms with E-state index in [2.05, 4.69) is 31.3 Å². The van der Waals surface area contributed by atoms with E-state index >= 15 is 0 Å². The molecular weight excluding hydrogens is 739 g/mol. The molecule has 0 aromatic rings. The summed E-state index contributed by atoms with van der Waals surface area (Å²) in [6.07, 6.45) is 63.9. The lowest BCUT2D eigenvalue weighted by Crippen LogP contribution is -2.48. The van der Waals surface area contributed by atoms with Crippen molar-refractivity contribution in [1.29, 1.82) is 0 Å². The SMILES string of the molecule is CCCCCCCCCCCCCC/C=C\CCCCCCCCCCCCCCC(O)C(=O)NC(CO)C(O)/C=C/CCCCCCCCCCCCCCCCCC. The number of unbranched alkanes of at least 4 members (excludes halogenated alkanes) is 40. The van der Waals surface area contributed by atoms with Crippen molar-refractivity contribution in [3.05, 3.63) is 24.3 Å². The number of aliphatic hydroxyl groups excluding tert-OH is 3. The first-order chi connectivity index (χ1) is 29.6. The average molecular weight is 846 g/mol. The zero-order chi connectivity index (χ0) is 43.7. The number of nitrogens with one attached hydrogen (secondary N) is 1. The van der Waals surface area contributed by atoms with E-state index in [-0.39, 0.29) is 6.61 Å². The highest BCUT2D eigenvalue weighted by Gasteiger charge is 2.22. The first-order valence-electron chi connectivity index (χ1n) is 27.2. The van der Waals surface area contributed by atoms with Crippen LogP contribution in [0.4, 0.5) is 0 Å². The van der Waals surface area contributed by atoms with E-state index in [9.17, 15) is 20.1 Å². The molecule has 0 radical (unpaired) electrons. The van der Waals surface area contributed by atoms with Crippen molar-refractivity contribution < 1.29 is 20.1 Å². The molecule has 0 aromatic heterocycles. The molecule has 356 valence electrons. The Hall–Kier alpha value is -1.17. The molecule has 0 fully saturated rings. The van der Waals surface area contributed by atoms with Gasteiger partial charge < -0.3 is 20.6 Å². The fourth-order valence-electron chi connectivity index (χ4n) is 8.54. The van der Waals surface area contributed by atoms with Gasteiger partial charge in [-0.25, -0.2) is 0 Å². The number of aliphatic hydroxyl groups is 3. The largest absolute Gasteiger partial charge is 0.394 e. The van der Waals surface area contributed by atoms with Crippen LogP contribution in [0.2, 0.25) is 0 Å². The second-order valence-electron chi connectivity index (χ2n) is 18.8. The number of hydrogen-bond donors (Lipinski definition) is 4. The van der Waals surface area contributed by atoms with Crippen molar-refractivity contribution in [2.75, 3.05) is 6.61 Å². The fraction of sp³-hybridized carbons (Fsp3) is 0.909. The highest BCUT2D eigenvalue weighted by Crippen LogP contribution is 2.17. The van der Waals surface area contributed by atoms with Crippen LogP contribution < -0.4 is 5.32 Å². The third kappa shape index (κ3) is 44.9. The number of hydrogen-bond acceptors (Lipinski definition) is 4. The second-order valence-corrected chi connectivity index (χ2v) is 18.8. The van der Waals surface area contributed by atoms with Gasteiger partial charge in [-0.2, -0.15) is 0 Å². The molecule has 0 spiro atoms. The lowest BCUT2D eigenvalue weighted by Gasteiger charge is -2.21. The van der Waals surface area contributed by atoms with E-state index in [1.165, 1.54) is 244 Å². The van der Waals surface area contributed by atoms with E-state index in [1.807, 2.05) is 6.08 Å². The summed E-state index contributed by atoms with van der Waals surface area (Å²) in [5.74, 6) is -0.499. The minimum absolute atomic E-state index is 0.361. The summed E-state index contributed by atoms with van der Waals surface area (Å²) in [6.45, 7) is 4.21. The molecule has 0 aromatic carbocycles. The lowest BCUT2D eigenvalue weighted by molar-refractivity contribution is -0.131. The van der Waals surface area contributed by atoms with Gasteiger partial charge in [0.2, 0.25) is 5.91 Å². The molecule has 3 unspecified atom stereocenters. The minimum atomic E-state index is -1.10. The van der Waals surface area contributed by atoms with E-state index in [1.54, 1.807) is 6.08 Å². The molecule has 5 nitrogen and oxygen atoms in total. The summed E-state index contributed by atoms with van der Waals surface area (Å²) in [7, 11) is 0. The highest BCUT2D eigenvalue weighted by atomic mass is 16.3. The Balaban J connectivity index is 3.56. The number of allylic oxidation sites excluding steroid dienone is 3. The maximum atomic E-state index is 12.5. The molecule has 60 heavy (non-hydrogen) atoms. The molecule has 0 heterocycles. The summed E-state index contributed by atoms with van der Waals surface area (Å²) in [5.41, 5.74) is 0. The van der Waals surface area contributed by atoms with Gasteiger partial charge >= 0.3 is 0 Å². The van der Waals surface area contributed by atoms with Gasteiger partial charge in [-0.15, -0.1) is 0 Å². The van der Waals surface area contributed by atoms with Crippen LogP contribution in [-0.4, -0.2) is 46.1 Å². The molecule has 1 amide bonds. The molecule has 0 rings (SSSR count). The van der Waals surface area contributed by atoms with Crippen molar-refractivity contribution in [2.45, 2.75) is 315 Å². The number of amides is 1. The lowest BCUT2D eigenvalue weighted by atomic mass is 10.0. The summed E-state index contributed by atoms with van der Waals surface area (Å²) >= 11 is 0. The minimum Gasteiger partial charge on any atom is -0.394 e. The summed E-state index contributed by atoms with van der Waals surface area (Å²) in [6, 6.07) is -0.796. The first kappa shape index (κ1) is 58.8. The Kier molecular flexibility index (Phi) is 49.5. The van der Waals surface area contributed by atoms with Crippen molar-refractivity contribution in [3.63, 3.8) is 0 Å². The quantitative estimate of drug-likeness (QED) is 0.0363. The Morgan fingerprint density at radius 2 is 0.667 bits per heavy atom. The van der Waals surface area contributed by atoms with Gasteiger partial charge in [-0.3, -0.25) is 4.79 Å². The number of rotatable bonds is 50. The topological polar surface area (TPSA) is 89.8 Å². The first-order valence-corrected chi connectivity index (χ1v) is 27.2. The standard InChI is InChI=1S/C55H107NO4/c1-3-5-7-9-11-13-15-17-19-21-23-24-25-26-27-28-29-30-31-32-34-36-38-40-42-44-46-48-50-54(59)55(60)56-52(51-57)53(58)49-47-45-43-41-39-37-35-33-22-20-18-16-14-12-10-8-6-4-2/h26-27,47,49,52-54,57-59H,3-25,28-46,48,50-51H2,1-2H3,(H,56,60)/b27-26-,49-47+. The van der Waals surface area contributed by atoms with Gasteiger partial charge in [0.15, 0.2) is 0 Å². The van der Waals surface area contributed by atoms with Crippen molar-refractivity contribution in [2.24, 2.45) is 0 Å². The Morgan fingerprint density at radius 3 is 0.967 bits per heavy atom. The predicted octanol–water partition coefficient (Wildman–Crippen LogP) is 16.5. The molecule has 4 N–H and O–H groups in total. The normalized spacial score (nSPS) is 13.5. The zero-order valence-corrected chi connectivity index (χ0v) is 40.6. The Bertz CT molecular complexity index is 890. The van der Waals surface area contributed by atoms with Crippen LogP contribution in [0.1, 0.15) is 296 Å². The summed E-state index contributed by atoms with van der Waals surface area (Å²) in [4.78, 5) is 12.5. The third-order valence-electron chi connectivity index (χ3n) is 12.8. The zero-order valence-electron chi connectivity index (χ0n) is 40.6. The molecule has 0 saturated carbocycles. The van der Waals surface area contributed by atoms with Gasteiger partial charge in [-0.1, -0.05) is 276 Å². The molecule has 0 aliphatic heterocycles. The van der Waals surface area contributed by atoms with E-state index < -0.39 is 24.2 Å². The van der Waals surface area contributed by atoms with Crippen LogP contribution in [0.3, 0.4) is 0 Å². The monoisotopic (exact) mass is 846 g/mol. The van der Waals surface area contributed by atoms with E-state index in [4.69, 9.17) is 0 Å². The second kappa shape index (κ2) is 50.5. The molecule has 3 atom stereocenters. The van der Waals surface area contributed by atoms with Crippen molar-refractivity contribution >= 4 is 5.91 Å². The van der Waals surface area contributed by atoms with Crippen LogP contribution in [0, 0.1) is 0 Å². The molecule has 0 aliphatic rings. The molecule has 0 saturated heterocycles. The Morgan fingerprint density at radius 1 is 0.400 bits per heavy atom. The summed E-state index contributed by atoms with van der Waals surface area (Å²) in [5, 5.41) is 33.3. The van der Waals surface area contributed by atoms with Gasteiger partial charge in [-0.05, 0) is 44.9 Å². The fourth-order valence-corrected chi connectivity index (χ4v) is 8.54. The molecular formula is C55H107NO4. The number of carbonyl (C=O) groups is 1. The van der Waals surface area contributed by atoms with Crippen LogP contribution in [0.15, 0.2) is 24.3 Å². The highest BCUT2D eigenvalue weighted by molar-refractivity contribution is 5.80. The van der Waals surface area contributed by atoms with E-state index in [0.29, 0.717) is 6.42 Å².